The maximum absolute atomic E-state index is 13.8. The smallest absolute Gasteiger partial charge is 0.324 e. The van der Waals surface area contributed by atoms with Crippen molar-refractivity contribution in [2.24, 2.45) is 13.0 Å². The van der Waals surface area contributed by atoms with Gasteiger partial charge in [-0.25, -0.2) is 4.79 Å². The highest BCUT2D eigenvalue weighted by atomic mass is 16.2. The first-order chi connectivity index (χ1) is 17.3. The van der Waals surface area contributed by atoms with Crippen molar-refractivity contribution in [3.63, 3.8) is 0 Å². The molecule has 1 N–H and O–H groups in total. The number of hydrogen-bond donors (Lipinski definition) is 1. The van der Waals surface area contributed by atoms with Crippen molar-refractivity contribution in [2.45, 2.75) is 52.0 Å². The normalized spacial score (nSPS) is 20.9. The molecule has 3 atom stereocenters. The highest BCUT2D eigenvalue weighted by molar-refractivity contribution is 5.96. The molecule has 4 rings (SSSR count). The van der Waals surface area contributed by atoms with E-state index in [-0.39, 0.29) is 23.8 Å². The van der Waals surface area contributed by atoms with Crippen molar-refractivity contribution in [2.75, 3.05) is 46.8 Å². The molecule has 0 bridgehead atoms. The first-order valence-electron chi connectivity index (χ1n) is 13.5. The number of hydrogen-bond acceptors (Lipinski definition) is 4. The molecule has 36 heavy (non-hydrogen) atoms. The molecule has 1 aliphatic heterocycles. The molecule has 3 amide bonds. The Hall–Kier alpha value is -2.64. The van der Waals surface area contributed by atoms with Gasteiger partial charge in [-0.05, 0) is 64.0 Å². The van der Waals surface area contributed by atoms with Crippen molar-refractivity contribution in [3.8, 4) is 0 Å². The van der Waals surface area contributed by atoms with E-state index in [1.807, 2.05) is 40.9 Å². The first-order valence-corrected chi connectivity index (χ1v) is 13.5. The number of nitrogens with zero attached hydrogens (tertiary/aromatic N) is 4. The van der Waals surface area contributed by atoms with E-state index in [9.17, 15) is 9.59 Å². The lowest BCUT2D eigenvalue weighted by Crippen LogP contribution is -2.55. The Morgan fingerprint density at radius 1 is 1.22 bits per heavy atom. The molecule has 1 aliphatic carbocycles. The summed E-state index contributed by atoms with van der Waals surface area (Å²) in [5.41, 5.74) is 3.98. The molecule has 7 nitrogen and oxygen atoms in total. The lowest BCUT2D eigenvalue weighted by molar-refractivity contribution is -0.135. The van der Waals surface area contributed by atoms with E-state index in [4.69, 9.17) is 0 Å². The molecule has 0 saturated carbocycles. The van der Waals surface area contributed by atoms with Crippen LogP contribution in [0.25, 0.3) is 10.9 Å². The fourth-order valence-corrected chi connectivity index (χ4v) is 5.95. The first kappa shape index (κ1) is 27.9. The molecule has 2 heterocycles. The number of benzene rings is 1. The van der Waals surface area contributed by atoms with Gasteiger partial charge >= 0.3 is 6.03 Å². The lowest BCUT2D eigenvalue weighted by Gasteiger charge is -2.47. The molecular formula is C29H45N5O2. The van der Waals surface area contributed by atoms with Gasteiger partial charge in [-0.1, -0.05) is 32.1 Å². The van der Waals surface area contributed by atoms with E-state index in [0.717, 1.165) is 32.4 Å². The fourth-order valence-electron chi connectivity index (χ4n) is 5.95. The summed E-state index contributed by atoms with van der Waals surface area (Å²) in [4.78, 5) is 32.6. The van der Waals surface area contributed by atoms with Gasteiger partial charge in [0.05, 0.1) is 5.92 Å². The highest BCUT2D eigenvalue weighted by Gasteiger charge is 2.44. The van der Waals surface area contributed by atoms with Gasteiger partial charge in [0.1, 0.15) is 0 Å². The van der Waals surface area contributed by atoms with Crippen LogP contribution >= 0.6 is 0 Å². The van der Waals surface area contributed by atoms with E-state index >= 15 is 0 Å². The second-order valence-corrected chi connectivity index (χ2v) is 10.0. The molecule has 1 aromatic carbocycles. The number of aryl methyl sites for hydroxylation is 1. The number of urea groups is 1. The maximum Gasteiger partial charge on any atom is 0.324 e. The summed E-state index contributed by atoms with van der Waals surface area (Å²) in [5, 5.41) is 4.20. The van der Waals surface area contributed by atoms with Crippen LogP contribution in [0.3, 0.4) is 0 Å². The molecule has 2 aromatic rings. The lowest BCUT2D eigenvalue weighted by atomic mass is 9.72. The quantitative estimate of drug-likeness (QED) is 0.557. The SMILES string of the molecule is C=CCN1CC(C(=O)N(CCCN(C)C)C(=O)NCC)CC2c3cccc4c3c(cn4C)CC21.CC. The van der Waals surface area contributed by atoms with E-state index < -0.39 is 0 Å². The van der Waals surface area contributed by atoms with Crippen molar-refractivity contribution < 1.29 is 9.59 Å². The standard InChI is InChI=1S/C27H39N5O2.C2H6/c1-6-12-31-18-20(26(33)32(27(34)28-7-2)14-9-13-29(3)4)15-22-21-10-8-11-23-25(21)19(16-24(22)31)17-30(23)5;1-2/h6,8,10-11,17,20,22,24H,1,7,9,12-16,18H2,2-5H3,(H,28,34);1-2H3. The molecule has 198 valence electrons. The summed E-state index contributed by atoms with van der Waals surface area (Å²) in [6, 6.07) is 6.61. The summed E-state index contributed by atoms with van der Waals surface area (Å²) in [6.45, 7) is 13.1. The number of likely N-dealkylation sites (tertiary alicyclic amines) is 1. The Labute approximate surface area is 217 Å². The third-order valence-corrected chi connectivity index (χ3v) is 7.42. The molecule has 7 heteroatoms. The molecule has 1 fully saturated rings. The molecule has 0 radical (unpaired) electrons. The van der Waals surface area contributed by atoms with Crippen LogP contribution in [0.5, 0.6) is 0 Å². The third kappa shape index (κ3) is 5.68. The largest absolute Gasteiger partial charge is 0.350 e. The minimum absolute atomic E-state index is 0.0525. The van der Waals surface area contributed by atoms with Gasteiger partial charge in [0, 0.05) is 62.3 Å². The van der Waals surface area contributed by atoms with E-state index in [0.29, 0.717) is 25.7 Å². The van der Waals surface area contributed by atoms with Crippen LogP contribution in [-0.4, -0.2) is 84.1 Å². The predicted molar refractivity (Wildman–Crippen MR) is 148 cm³/mol. The summed E-state index contributed by atoms with van der Waals surface area (Å²) in [7, 11) is 6.12. The topological polar surface area (TPSA) is 60.8 Å². The van der Waals surface area contributed by atoms with Gasteiger partial charge in [-0.2, -0.15) is 0 Å². The predicted octanol–water partition coefficient (Wildman–Crippen LogP) is 4.23. The van der Waals surface area contributed by atoms with Gasteiger partial charge in [-0.3, -0.25) is 14.6 Å². The summed E-state index contributed by atoms with van der Waals surface area (Å²) in [5.74, 6) is -0.00829. The molecular weight excluding hydrogens is 450 g/mol. The number of rotatable bonds is 8. The van der Waals surface area contributed by atoms with Gasteiger partial charge in [0.25, 0.3) is 0 Å². The van der Waals surface area contributed by atoms with Crippen LogP contribution in [-0.2, 0) is 18.3 Å². The Morgan fingerprint density at radius 2 is 1.97 bits per heavy atom. The van der Waals surface area contributed by atoms with Crippen LogP contribution in [0.15, 0.2) is 37.1 Å². The maximum atomic E-state index is 13.8. The summed E-state index contributed by atoms with van der Waals surface area (Å²) < 4.78 is 2.22. The molecule has 2 aliphatic rings. The average molecular weight is 496 g/mol. The molecule has 0 spiro atoms. The van der Waals surface area contributed by atoms with Gasteiger partial charge in [0.15, 0.2) is 0 Å². The highest BCUT2D eigenvalue weighted by Crippen LogP contribution is 2.45. The Morgan fingerprint density at radius 3 is 2.64 bits per heavy atom. The van der Waals surface area contributed by atoms with Gasteiger partial charge in [-0.15, -0.1) is 6.58 Å². The number of piperidine rings is 1. The molecule has 3 unspecified atom stereocenters. The number of fused-ring (bicyclic) bond motifs is 2. The zero-order chi connectivity index (χ0) is 26.4. The van der Waals surface area contributed by atoms with Crippen LogP contribution in [0.2, 0.25) is 0 Å². The van der Waals surface area contributed by atoms with Crippen molar-refractivity contribution in [3.05, 3.63) is 48.2 Å². The molecule has 1 saturated heterocycles. The zero-order valence-electron chi connectivity index (χ0n) is 23.1. The number of carbonyl (C=O) groups excluding carboxylic acids is 2. The Bertz CT molecular complexity index is 1060. The van der Waals surface area contributed by atoms with Gasteiger partial charge in [0.2, 0.25) is 5.91 Å². The number of amides is 3. The van der Waals surface area contributed by atoms with Crippen LogP contribution in [0.4, 0.5) is 4.79 Å². The number of imide groups is 1. The number of carbonyl (C=O) groups is 2. The summed E-state index contributed by atoms with van der Waals surface area (Å²) >= 11 is 0. The minimum atomic E-state index is -0.278. The third-order valence-electron chi connectivity index (χ3n) is 7.42. The van der Waals surface area contributed by atoms with Crippen LogP contribution in [0, 0.1) is 5.92 Å². The van der Waals surface area contributed by atoms with Crippen molar-refractivity contribution in [1.29, 1.82) is 0 Å². The monoisotopic (exact) mass is 495 g/mol. The number of aromatic nitrogens is 1. The average Bonchev–Trinajstić information content (AvgIpc) is 3.19. The van der Waals surface area contributed by atoms with Crippen LogP contribution < -0.4 is 5.32 Å². The summed E-state index contributed by atoms with van der Waals surface area (Å²) in [6.07, 6.45) is 6.71. The number of nitrogens with one attached hydrogen (secondary N) is 1. The second-order valence-electron chi connectivity index (χ2n) is 10.0. The Kier molecular flexibility index (Phi) is 9.74. The fraction of sp³-hybridized carbons (Fsp3) is 0.586. The van der Waals surface area contributed by atoms with E-state index in [2.05, 4.69) is 57.7 Å². The molecule has 1 aromatic heterocycles. The second kappa shape index (κ2) is 12.5. The van der Waals surface area contributed by atoms with E-state index in [1.165, 1.54) is 26.9 Å². The Balaban J connectivity index is 0.00000176. The van der Waals surface area contributed by atoms with Crippen LogP contribution in [0.1, 0.15) is 50.7 Å². The minimum Gasteiger partial charge on any atom is -0.350 e. The van der Waals surface area contributed by atoms with Crippen molar-refractivity contribution >= 4 is 22.8 Å². The van der Waals surface area contributed by atoms with Gasteiger partial charge < -0.3 is 14.8 Å². The zero-order valence-corrected chi connectivity index (χ0v) is 23.1. The van der Waals surface area contributed by atoms with E-state index in [1.54, 1.807) is 0 Å². The van der Waals surface area contributed by atoms with Crippen molar-refractivity contribution in [1.82, 2.24) is 24.6 Å².